The Kier molecular flexibility index (Phi) is 6.95. The van der Waals surface area contributed by atoms with Gasteiger partial charge in [-0.15, -0.1) is 0 Å². The van der Waals surface area contributed by atoms with E-state index in [1.807, 2.05) is 36.1 Å². The van der Waals surface area contributed by atoms with Gasteiger partial charge in [0.25, 0.3) is 0 Å². The van der Waals surface area contributed by atoms with Crippen LogP contribution >= 0.6 is 0 Å². The van der Waals surface area contributed by atoms with E-state index in [9.17, 15) is 4.79 Å². The molecule has 5 heteroatoms. The third-order valence-corrected chi connectivity index (χ3v) is 4.19. The van der Waals surface area contributed by atoms with Crippen molar-refractivity contribution < 1.29 is 9.32 Å². The SMILES string of the molecule is CCCCN(CCc1nc(-c2ccc(C)cc2)no1)C(=O)CC(C)(C)C. The number of nitrogens with zero attached hydrogens (tertiary/aromatic N) is 3. The fourth-order valence-electron chi connectivity index (χ4n) is 2.68. The highest BCUT2D eigenvalue weighted by Crippen LogP contribution is 2.21. The molecule has 0 saturated carbocycles. The lowest BCUT2D eigenvalue weighted by molar-refractivity contribution is -0.133. The molecule has 0 aliphatic heterocycles. The highest BCUT2D eigenvalue weighted by Gasteiger charge is 2.21. The summed E-state index contributed by atoms with van der Waals surface area (Å²) in [5.41, 5.74) is 2.13. The molecule has 2 rings (SSSR count). The Morgan fingerprint density at radius 1 is 1.15 bits per heavy atom. The lowest BCUT2D eigenvalue weighted by Crippen LogP contribution is -2.36. The largest absolute Gasteiger partial charge is 0.342 e. The third kappa shape index (κ3) is 6.28. The summed E-state index contributed by atoms with van der Waals surface area (Å²) in [6.45, 7) is 11.9. The molecule has 0 N–H and O–H groups in total. The maximum Gasteiger partial charge on any atom is 0.228 e. The summed E-state index contributed by atoms with van der Waals surface area (Å²) in [4.78, 5) is 19.0. The average Bonchev–Trinajstić information content (AvgIpc) is 3.03. The maximum absolute atomic E-state index is 12.6. The van der Waals surface area contributed by atoms with Crippen molar-refractivity contribution in [2.45, 2.75) is 60.3 Å². The highest BCUT2D eigenvalue weighted by molar-refractivity contribution is 5.76. The lowest BCUT2D eigenvalue weighted by atomic mass is 9.91. The second-order valence-electron chi connectivity index (χ2n) is 8.10. The van der Waals surface area contributed by atoms with Gasteiger partial charge in [0, 0.05) is 31.5 Å². The average molecular weight is 357 g/mol. The number of rotatable bonds is 8. The van der Waals surface area contributed by atoms with E-state index in [2.05, 4.69) is 37.8 Å². The molecule has 0 saturated heterocycles. The molecule has 0 atom stereocenters. The number of carbonyl (C=O) groups is 1. The fourth-order valence-corrected chi connectivity index (χ4v) is 2.68. The van der Waals surface area contributed by atoms with E-state index in [1.165, 1.54) is 5.56 Å². The predicted molar refractivity (Wildman–Crippen MR) is 104 cm³/mol. The molecule has 142 valence electrons. The number of hydrogen-bond acceptors (Lipinski definition) is 4. The van der Waals surface area contributed by atoms with Crippen molar-refractivity contribution in [3.8, 4) is 11.4 Å². The van der Waals surface area contributed by atoms with Gasteiger partial charge in [-0.1, -0.05) is 69.1 Å². The molecule has 2 aromatic rings. The predicted octanol–water partition coefficient (Wildman–Crippen LogP) is 4.65. The standard InChI is InChI=1S/C21H31N3O2/c1-6-7-13-24(19(25)15-21(3,4)5)14-12-18-22-20(23-26-18)17-10-8-16(2)9-11-17/h8-11H,6-7,12-15H2,1-5H3. The Bertz CT molecular complexity index is 699. The summed E-state index contributed by atoms with van der Waals surface area (Å²) in [7, 11) is 0. The molecule has 26 heavy (non-hydrogen) atoms. The summed E-state index contributed by atoms with van der Waals surface area (Å²) in [5.74, 6) is 1.37. The number of aromatic nitrogens is 2. The fraction of sp³-hybridized carbons (Fsp3) is 0.571. The van der Waals surface area contributed by atoms with Crippen LogP contribution in [0.2, 0.25) is 0 Å². The number of benzene rings is 1. The van der Waals surface area contributed by atoms with Gasteiger partial charge in [0.2, 0.25) is 17.6 Å². The number of hydrogen-bond donors (Lipinski definition) is 0. The molecule has 1 aromatic carbocycles. The highest BCUT2D eigenvalue weighted by atomic mass is 16.5. The Hall–Kier alpha value is -2.17. The number of unbranched alkanes of at least 4 members (excludes halogenated alkanes) is 1. The molecule has 0 spiro atoms. The van der Waals surface area contributed by atoms with E-state index >= 15 is 0 Å². The molecule has 1 aromatic heterocycles. The quantitative estimate of drug-likeness (QED) is 0.690. The molecular weight excluding hydrogens is 326 g/mol. The van der Waals surface area contributed by atoms with Gasteiger partial charge >= 0.3 is 0 Å². The Morgan fingerprint density at radius 3 is 2.46 bits per heavy atom. The molecule has 5 nitrogen and oxygen atoms in total. The Labute approximate surface area is 156 Å². The number of carbonyl (C=O) groups excluding carboxylic acids is 1. The lowest BCUT2D eigenvalue weighted by Gasteiger charge is -2.26. The minimum Gasteiger partial charge on any atom is -0.342 e. The first-order valence-electron chi connectivity index (χ1n) is 9.46. The van der Waals surface area contributed by atoms with E-state index in [0.29, 0.717) is 31.1 Å². The second kappa shape index (κ2) is 8.97. The first kappa shape index (κ1) is 20.1. The van der Waals surface area contributed by atoms with Gasteiger partial charge in [0.05, 0.1) is 0 Å². The second-order valence-corrected chi connectivity index (χ2v) is 8.10. The van der Waals surface area contributed by atoms with Gasteiger partial charge < -0.3 is 9.42 Å². The monoisotopic (exact) mass is 357 g/mol. The van der Waals surface area contributed by atoms with Crippen molar-refractivity contribution in [2.24, 2.45) is 5.41 Å². The van der Waals surface area contributed by atoms with Gasteiger partial charge in [0.1, 0.15) is 0 Å². The minimum absolute atomic E-state index is 0.00928. The van der Waals surface area contributed by atoms with Crippen molar-refractivity contribution in [1.29, 1.82) is 0 Å². The Balaban J connectivity index is 1.99. The van der Waals surface area contributed by atoms with Crippen molar-refractivity contribution in [3.05, 3.63) is 35.7 Å². The third-order valence-electron chi connectivity index (χ3n) is 4.19. The van der Waals surface area contributed by atoms with Crippen LogP contribution in [0.5, 0.6) is 0 Å². The van der Waals surface area contributed by atoms with Gasteiger partial charge in [0.15, 0.2) is 0 Å². The Morgan fingerprint density at radius 2 is 1.85 bits per heavy atom. The normalized spacial score (nSPS) is 11.6. The maximum atomic E-state index is 12.6. The van der Waals surface area contributed by atoms with Gasteiger partial charge in [-0.2, -0.15) is 4.98 Å². The van der Waals surface area contributed by atoms with Gasteiger partial charge in [-0.3, -0.25) is 4.79 Å². The zero-order chi connectivity index (χ0) is 19.2. The molecule has 1 amide bonds. The zero-order valence-electron chi connectivity index (χ0n) is 16.7. The van der Waals surface area contributed by atoms with E-state index in [1.54, 1.807) is 0 Å². The molecule has 0 bridgehead atoms. The van der Waals surface area contributed by atoms with E-state index in [0.717, 1.165) is 24.9 Å². The van der Waals surface area contributed by atoms with Crippen molar-refractivity contribution in [1.82, 2.24) is 15.0 Å². The van der Waals surface area contributed by atoms with Crippen LogP contribution in [-0.2, 0) is 11.2 Å². The van der Waals surface area contributed by atoms with E-state index in [4.69, 9.17) is 4.52 Å². The summed E-state index contributed by atoms with van der Waals surface area (Å²) in [6.07, 6.45) is 3.21. The van der Waals surface area contributed by atoms with Crippen LogP contribution in [0.4, 0.5) is 0 Å². The summed E-state index contributed by atoms with van der Waals surface area (Å²) in [6, 6.07) is 8.04. The first-order chi connectivity index (χ1) is 12.3. The molecule has 0 aliphatic rings. The van der Waals surface area contributed by atoms with Crippen LogP contribution in [0.15, 0.2) is 28.8 Å². The summed E-state index contributed by atoms with van der Waals surface area (Å²) < 4.78 is 5.39. The van der Waals surface area contributed by atoms with E-state index < -0.39 is 0 Å². The van der Waals surface area contributed by atoms with Crippen LogP contribution in [0, 0.1) is 12.3 Å². The number of aryl methyl sites for hydroxylation is 1. The van der Waals surface area contributed by atoms with Crippen LogP contribution < -0.4 is 0 Å². The first-order valence-corrected chi connectivity index (χ1v) is 9.46. The summed E-state index contributed by atoms with van der Waals surface area (Å²) in [5, 5.41) is 4.07. The van der Waals surface area contributed by atoms with Crippen LogP contribution in [0.3, 0.4) is 0 Å². The molecule has 0 fully saturated rings. The van der Waals surface area contributed by atoms with Crippen LogP contribution in [0.25, 0.3) is 11.4 Å². The number of amides is 1. The van der Waals surface area contributed by atoms with Crippen LogP contribution in [0.1, 0.15) is 58.4 Å². The molecule has 0 unspecified atom stereocenters. The van der Waals surface area contributed by atoms with E-state index in [-0.39, 0.29) is 11.3 Å². The summed E-state index contributed by atoms with van der Waals surface area (Å²) >= 11 is 0. The van der Waals surface area contributed by atoms with Gasteiger partial charge in [-0.05, 0) is 18.8 Å². The van der Waals surface area contributed by atoms with Crippen LogP contribution in [-0.4, -0.2) is 34.0 Å². The smallest absolute Gasteiger partial charge is 0.228 e. The van der Waals surface area contributed by atoms with Gasteiger partial charge in [-0.25, -0.2) is 0 Å². The molecule has 0 aliphatic carbocycles. The van der Waals surface area contributed by atoms with Crippen molar-refractivity contribution >= 4 is 5.91 Å². The van der Waals surface area contributed by atoms with Crippen molar-refractivity contribution in [3.63, 3.8) is 0 Å². The van der Waals surface area contributed by atoms with Crippen molar-refractivity contribution in [2.75, 3.05) is 13.1 Å². The zero-order valence-corrected chi connectivity index (χ0v) is 16.7. The molecular formula is C21H31N3O2. The minimum atomic E-state index is -0.00928. The molecule has 0 radical (unpaired) electrons. The topological polar surface area (TPSA) is 59.2 Å². The molecule has 1 heterocycles.